The van der Waals surface area contributed by atoms with Crippen LogP contribution in [0.3, 0.4) is 0 Å². The molecule has 2 aliphatic heterocycles. The Morgan fingerprint density at radius 2 is 1.87 bits per heavy atom. The predicted octanol–water partition coefficient (Wildman–Crippen LogP) is 2.85. The van der Waals surface area contributed by atoms with Gasteiger partial charge in [-0.05, 0) is 57.2 Å². The molecule has 0 bridgehead atoms. The van der Waals surface area contributed by atoms with Crippen molar-refractivity contribution in [1.29, 1.82) is 0 Å². The Bertz CT molecular complexity index is 262. The first-order chi connectivity index (χ1) is 7.13. The van der Waals surface area contributed by atoms with Gasteiger partial charge < -0.3 is 10.1 Å². The lowest BCUT2D eigenvalue weighted by atomic mass is 9.81. The zero-order chi connectivity index (χ0) is 10.9. The van der Waals surface area contributed by atoms with Gasteiger partial charge in [-0.1, -0.05) is 13.8 Å². The van der Waals surface area contributed by atoms with Gasteiger partial charge in [0.1, 0.15) is 5.60 Å². The first-order valence-electron chi connectivity index (χ1n) is 6.22. The lowest BCUT2D eigenvalue weighted by Crippen LogP contribution is -2.45. The summed E-state index contributed by atoms with van der Waals surface area (Å²) < 4.78 is 6.23. The molecule has 2 nitrogen and oxygen atoms in total. The maximum atomic E-state index is 6.23. The zero-order valence-corrected chi connectivity index (χ0v) is 10.2. The van der Waals surface area contributed by atoms with E-state index in [1.54, 1.807) is 0 Å². The van der Waals surface area contributed by atoms with Crippen molar-refractivity contribution >= 4 is 0 Å². The van der Waals surface area contributed by atoms with Crippen LogP contribution in [0.4, 0.5) is 0 Å². The van der Waals surface area contributed by atoms with Crippen LogP contribution >= 0.6 is 0 Å². The predicted molar refractivity (Wildman–Crippen MR) is 62.7 cm³/mol. The van der Waals surface area contributed by atoms with E-state index in [0.717, 1.165) is 13.1 Å². The van der Waals surface area contributed by atoms with Gasteiger partial charge in [0, 0.05) is 0 Å². The van der Waals surface area contributed by atoms with Crippen molar-refractivity contribution in [1.82, 2.24) is 5.32 Å². The topological polar surface area (TPSA) is 21.3 Å². The van der Waals surface area contributed by atoms with Gasteiger partial charge in [0.25, 0.3) is 0 Å². The third kappa shape index (κ3) is 2.20. The molecule has 0 aromatic rings. The summed E-state index contributed by atoms with van der Waals surface area (Å²) in [6.07, 6.45) is 4.81. The molecule has 0 aromatic heterocycles. The van der Waals surface area contributed by atoms with Crippen LogP contribution in [-0.4, -0.2) is 18.7 Å². The number of hydrogen-bond donors (Lipinski definition) is 1. The summed E-state index contributed by atoms with van der Waals surface area (Å²) in [5.41, 5.74) is 1.70. The molecule has 0 atom stereocenters. The summed E-state index contributed by atoms with van der Waals surface area (Å²) >= 11 is 0. The SMILES string of the molecule is CC1=C(C(C)C)CCC2(CCNCC2)O1. The molecule has 15 heavy (non-hydrogen) atoms. The van der Waals surface area contributed by atoms with Crippen molar-refractivity contribution in [2.45, 2.75) is 52.1 Å². The third-order valence-electron chi connectivity index (χ3n) is 3.88. The molecule has 2 heterocycles. The van der Waals surface area contributed by atoms with Crippen LogP contribution in [0.1, 0.15) is 46.5 Å². The first-order valence-corrected chi connectivity index (χ1v) is 6.22. The highest BCUT2D eigenvalue weighted by Gasteiger charge is 2.37. The van der Waals surface area contributed by atoms with E-state index in [9.17, 15) is 0 Å². The maximum absolute atomic E-state index is 6.23. The van der Waals surface area contributed by atoms with Gasteiger partial charge in [0.05, 0.1) is 5.76 Å². The summed E-state index contributed by atoms with van der Waals surface area (Å²) in [5.74, 6) is 1.85. The largest absolute Gasteiger partial charge is 0.492 e. The Labute approximate surface area is 93.1 Å². The van der Waals surface area contributed by atoms with E-state index in [1.807, 2.05) is 0 Å². The van der Waals surface area contributed by atoms with E-state index in [-0.39, 0.29) is 5.60 Å². The van der Waals surface area contributed by atoms with Crippen LogP contribution in [-0.2, 0) is 4.74 Å². The van der Waals surface area contributed by atoms with E-state index in [1.165, 1.54) is 37.0 Å². The van der Waals surface area contributed by atoms with Crippen LogP contribution in [0.15, 0.2) is 11.3 Å². The quantitative estimate of drug-likeness (QED) is 0.717. The van der Waals surface area contributed by atoms with Crippen LogP contribution in [0.5, 0.6) is 0 Å². The molecular weight excluding hydrogens is 186 g/mol. The minimum absolute atomic E-state index is 0.174. The highest BCUT2D eigenvalue weighted by Crippen LogP contribution is 2.39. The molecule has 1 N–H and O–H groups in total. The van der Waals surface area contributed by atoms with Crippen LogP contribution in [0, 0.1) is 5.92 Å². The highest BCUT2D eigenvalue weighted by molar-refractivity contribution is 5.15. The molecule has 86 valence electrons. The summed E-state index contributed by atoms with van der Waals surface area (Å²) in [5, 5.41) is 3.41. The Balaban J connectivity index is 2.10. The highest BCUT2D eigenvalue weighted by atomic mass is 16.5. The second-order valence-corrected chi connectivity index (χ2v) is 5.27. The molecule has 1 saturated heterocycles. The van der Waals surface area contributed by atoms with Gasteiger partial charge in [-0.3, -0.25) is 0 Å². The van der Waals surface area contributed by atoms with Crippen molar-refractivity contribution in [2.75, 3.05) is 13.1 Å². The molecule has 0 amide bonds. The number of hydrogen-bond acceptors (Lipinski definition) is 2. The second kappa shape index (κ2) is 4.17. The fourth-order valence-corrected chi connectivity index (χ4v) is 2.91. The van der Waals surface area contributed by atoms with Crippen LogP contribution < -0.4 is 5.32 Å². The monoisotopic (exact) mass is 209 g/mol. The van der Waals surface area contributed by atoms with Crippen molar-refractivity contribution in [3.05, 3.63) is 11.3 Å². The molecule has 0 unspecified atom stereocenters. The second-order valence-electron chi connectivity index (χ2n) is 5.27. The van der Waals surface area contributed by atoms with Gasteiger partial charge >= 0.3 is 0 Å². The standard InChI is InChI=1S/C13H23NO/c1-10(2)12-4-5-13(15-11(12)3)6-8-14-9-7-13/h10,14H,4-9H2,1-3H3. The average Bonchev–Trinajstić information content (AvgIpc) is 2.18. The summed E-state index contributed by atoms with van der Waals surface area (Å²) in [6.45, 7) is 8.91. The molecule has 0 aromatic carbocycles. The van der Waals surface area contributed by atoms with Crippen LogP contribution in [0.2, 0.25) is 0 Å². The Morgan fingerprint density at radius 1 is 1.20 bits per heavy atom. The smallest absolute Gasteiger partial charge is 0.111 e. The maximum Gasteiger partial charge on any atom is 0.111 e. The summed E-state index contributed by atoms with van der Waals surface area (Å²) in [7, 11) is 0. The van der Waals surface area contributed by atoms with Crippen molar-refractivity contribution in [2.24, 2.45) is 5.92 Å². The van der Waals surface area contributed by atoms with E-state index in [4.69, 9.17) is 4.74 Å². The zero-order valence-electron chi connectivity index (χ0n) is 10.2. The molecule has 1 fully saturated rings. The summed E-state index contributed by atoms with van der Waals surface area (Å²) in [4.78, 5) is 0. The number of nitrogens with one attached hydrogen (secondary N) is 1. The molecule has 0 saturated carbocycles. The van der Waals surface area contributed by atoms with E-state index in [0.29, 0.717) is 5.92 Å². The third-order valence-corrected chi connectivity index (χ3v) is 3.88. The van der Waals surface area contributed by atoms with Gasteiger partial charge in [-0.15, -0.1) is 0 Å². The minimum Gasteiger partial charge on any atom is -0.492 e. The molecule has 2 heteroatoms. The van der Waals surface area contributed by atoms with Gasteiger partial charge in [0.2, 0.25) is 0 Å². The van der Waals surface area contributed by atoms with Gasteiger partial charge in [-0.25, -0.2) is 0 Å². The molecular formula is C13H23NO. The van der Waals surface area contributed by atoms with Gasteiger partial charge in [-0.2, -0.15) is 0 Å². The number of rotatable bonds is 1. The van der Waals surface area contributed by atoms with Crippen molar-refractivity contribution in [3.8, 4) is 0 Å². The lowest BCUT2D eigenvalue weighted by molar-refractivity contribution is -0.0429. The number of piperidine rings is 1. The number of ether oxygens (including phenoxy) is 1. The fourth-order valence-electron chi connectivity index (χ4n) is 2.91. The van der Waals surface area contributed by atoms with Crippen LogP contribution in [0.25, 0.3) is 0 Å². The van der Waals surface area contributed by atoms with E-state index < -0.39 is 0 Å². The molecule has 0 radical (unpaired) electrons. The normalized spacial score (nSPS) is 25.9. The lowest BCUT2D eigenvalue weighted by Gasteiger charge is -2.42. The van der Waals surface area contributed by atoms with E-state index >= 15 is 0 Å². The Kier molecular flexibility index (Phi) is 3.06. The van der Waals surface area contributed by atoms with E-state index in [2.05, 4.69) is 26.1 Å². The van der Waals surface area contributed by atoms with Gasteiger partial charge in [0.15, 0.2) is 0 Å². The van der Waals surface area contributed by atoms with Crippen molar-refractivity contribution in [3.63, 3.8) is 0 Å². The Morgan fingerprint density at radius 3 is 2.40 bits per heavy atom. The molecule has 0 aliphatic carbocycles. The first kappa shape index (κ1) is 11.0. The molecule has 2 aliphatic rings. The minimum atomic E-state index is 0.174. The number of allylic oxidation sites excluding steroid dienone is 2. The fraction of sp³-hybridized carbons (Fsp3) is 0.846. The molecule has 2 rings (SSSR count). The Hall–Kier alpha value is -0.500. The van der Waals surface area contributed by atoms with Crippen molar-refractivity contribution < 1.29 is 4.74 Å². The average molecular weight is 209 g/mol. The summed E-state index contributed by atoms with van der Waals surface area (Å²) in [6, 6.07) is 0. The molecule has 1 spiro atoms.